The Balaban J connectivity index is 2.46. The molecule has 0 radical (unpaired) electrons. The highest BCUT2D eigenvalue weighted by Gasteiger charge is 2.54. The van der Waals surface area contributed by atoms with Crippen LogP contribution in [0.3, 0.4) is 0 Å². The van der Waals surface area contributed by atoms with Gasteiger partial charge in [0.25, 0.3) is 0 Å². The summed E-state index contributed by atoms with van der Waals surface area (Å²) in [6, 6.07) is 2.76. The predicted molar refractivity (Wildman–Crippen MR) is 127 cm³/mol. The van der Waals surface area contributed by atoms with Crippen molar-refractivity contribution in [3.05, 3.63) is 29.3 Å². The minimum atomic E-state index is -2.25. The van der Waals surface area contributed by atoms with Crippen molar-refractivity contribution in [1.82, 2.24) is 0 Å². The van der Waals surface area contributed by atoms with Gasteiger partial charge < -0.3 is 13.7 Å². The van der Waals surface area contributed by atoms with Gasteiger partial charge in [-0.3, -0.25) is 0 Å². The lowest BCUT2D eigenvalue weighted by Gasteiger charge is -2.47. The normalized spacial score (nSPS) is 19.2. The van der Waals surface area contributed by atoms with Crippen LogP contribution < -0.4 is 5.46 Å². The van der Waals surface area contributed by atoms with Gasteiger partial charge in [0, 0.05) is 0 Å². The first-order valence-corrected chi connectivity index (χ1v) is 13.6. The quantitative estimate of drug-likeness (QED) is 0.430. The summed E-state index contributed by atoms with van der Waals surface area (Å²) in [4.78, 5) is 0. The molecule has 0 N–H and O–H groups in total. The molecule has 1 saturated heterocycles. The molecule has 1 aliphatic rings. The van der Waals surface area contributed by atoms with Crippen LogP contribution in [0.15, 0.2) is 12.1 Å². The van der Waals surface area contributed by atoms with Gasteiger partial charge in [-0.05, 0) is 75.9 Å². The predicted octanol–water partition coefficient (Wildman–Crippen LogP) is 6.69. The number of benzene rings is 1. The molecule has 2 rings (SSSR count). The van der Waals surface area contributed by atoms with Gasteiger partial charge in [0.15, 0.2) is 0 Å². The fraction of sp³-hybridized carbons (Fsp3) is 0.750. The van der Waals surface area contributed by atoms with Crippen LogP contribution in [0.4, 0.5) is 8.78 Å². The van der Waals surface area contributed by atoms with E-state index in [9.17, 15) is 0 Å². The third-order valence-electron chi connectivity index (χ3n) is 7.40. The van der Waals surface area contributed by atoms with Crippen molar-refractivity contribution >= 4 is 20.9 Å². The molecule has 1 heterocycles. The molecular weight excluding hydrogens is 413 g/mol. The Kier molecular flexibility index (Phi) is 7.30. The van der Waals surface area contributed by atoms with Crippen LogP contribution >= 0.6 is 0 Å². The zero-order chi connectivity index (χ0) is 24.2. The molecule has 176 valence electrons. The number of hydrogen-bond donors (Lipinski definition) is 0. The second kappa shape index (κ2) is 8.55. The largest absolute Gasteiger partial charge is 0.500 e. The molecule has 1 aromatic rings. The molecule has 1 aromatic carbocycles. The van der Waals surface area contributed by atoms with Crippen molar-refractivity contribution < 1.29 is 22.5 Å². The lowest BCUT2D eigenvalue weighted by molar-refractivity contribution is 0.00578. The first kappa shape index (κ1) is 26.5. The van der Waals surface area contributed by atoms with Gasteiger partial charge in [-0.2, -0.15) is 0 Å². The van der Waals surface area contributed by atoms with Crippen molar-refractivity contribution in [3.63, 3.8) is 0 Å². The molecule has 31 heavy (non-hydrogen) atoms. The summed E-state index contributed by atoms with van der Waals surface area (Å²) in [7, 11) is -3.34. The van der Waals surface area contributed by atoms with Crippen LogP contribution in [0.2, 0.25) is 16.6 Å². The maximum Gasteiger partial charge on any atom is 0.500 e. The first-order valence-electron chi connectivity index (χ1n) is 11.4. The van der Waals surface area contributed by atoms with Gasteiger partial charge in [0.1, 0.15) is 11.6 Å². The van der Waals surface area contributed by atoms with E-state index in [2.05, 4.69) is 41.5 Å². The maximum atomic E-state index is 15.3. The number of hydrogen-bond acceptors (Lipinski definition) is 3. The van der Waals surface area contributed by atoms with E-state index < -0.39 is 43.9 Å². The second-order valence-corrected chi connectivity index (χ2v) is 16.7. The highest BCUT2D eigenvalue weighted by atomic mass is 28.4. The highest BCUT2D eigenvalue weighted by molar-refractivity contribution is 6.77. The van der Waals surface area contributed by atoms with Gasteiger partial charge in [0.05, 0.1) is 22.3 Å². The fourth-order valence-electron chi connectivity index (χ4n) is 4.97. The summed E-state index contributed by atoms with van der Waals surface area (Å²) in [6.07, 6.45) is 0. The molecule has 1 aliphatic heterocycles. The van der Waals surface area contributed by atoms with Gasteiger partial charge in [-0.1, -0.05) is 41.5 Å². The monoisotopic (exact) mass is 454 g/mol. The Hall–Kier alpha value is -0.758. The smallest absolute Gasteiger partial charge is 0.407 e. The van der Waals surface area contributed by atoms with E-state index in [1.165, 1.54) is 12.1 Å². The van der Waals surface area contributed by atoms with E-state index in [1.807, 2.05) is 41.5 Å². The lowest BCUT2D eigenvalue weighted by Crippen LogP contribution is -2.52. The first-order chi connectivity index (χ1) is 13.9. The molecule has 0 aromatic heterocycles. The summed E-state index contributed by atoms with van der Waals surface area (Å²) in [6.45, 7) is 24.5. The van der Waals surface area contributed by atoms with Crippen molar-refractivity contribution in [2.75, 3.05) is 0 Å². The molecule has 1 fully saturated rings. The minimum Gasteiger partial charge on any atom is -0.407 e. The lowest BCUT2D eigenvalue weighted by atomic mass is 9.77. The standard InChI is InChI=1S/C24H41BF2O3Si/c1-15(2)31(16(3)4,17(5)6)30-22(7,8)18-13-19(26)21(20(27)14-18)25-28-23(9,10)24(11,12)29-25/h13-17H,1-12H3. The highest BCUT2D eigenvalue weighted by Crippen LogP contribution is 2.46. The average Bonchev–Trinajstić information content (AvgIpc) is 2.78. The SMILES string of the molecule is CC(C)[Si](OC(C)(C)c1cc(F)c(B2OC(C)(C)C(C)(C)O2)c(F)c1)(C(C)C)C(C)C. The van der Waals surface area contributed by atoms with Crippen molar-refractivity contribution in [2.45, 2.75) is 117 Å². The Labute approximate surface area is 189 Å². The molecule has 3 nitrogen and oxygen atoms in total. The summed E-state index contributed by atoms with van der Waals surface area (Å²) in [5.41, 5.74) is -0.772. The van der Waals surface area contributed by atoms with E-state index in [-0.39, 0.29) is 5.46 Å². The van der Waals surface area contributed by atoms with E-state index in [0.29, 0.717) is 22.2 Å². The molecule has 0 bridgehead atoms. The van der Waals surface area contributed by atoms with E-state index in [1.54, 1.807) is 0 Å². The average molecular weight is 454 g/mol. The third kappa shape index (κ3) is 4.66. The van der Waals surface area contributed by atoms with Crippen LogP contribution in [0, 0.1) is 11.6 Å². The molecule has 0 amide bonds. The molecule has 0 saturated carbocycles. The molecule has 7 heteroatoms. The van der Waals surface area contributed by atoms with Gasteiger partial charge in [-0.15, -0.1) is 0 Å². The second-order valence-electron chi connectivity index (χ2n) is 11.4. The van der Waals surface area contributed by atoms with Crippen molar-refractivity contribution in [2.24, 2.45) is 0 Å². The molecule has 0 unspecified atom stereocenters. The van der Waals surface area contributed by atoms with Crippen molar-refractivity contribution in [3.8, 4) is 0 Å². The zero-order valence-corrected chi connectivity index (χ0v) is 22.4. The summed E-state index contributed by atoms with van der Waals surface area (Å²) in [5.74, 6) is -1.34. The Morgan fingerprint density at radius 1 is 0.839 bits per heavy atom. The van der Waals surface area contributed by atoms with Crippen LogP contribution in [-0.4, -0.2) is 26.6 Å². The van der Waals surface area contributed by atoms with Gasteiger partial charge in [-0.25, -0.2) is 8.78 Å². The van der Waals surface area contributed by atoms with Crippen LogP contribution in [0.5, 0.6) is 0 Å². The van der Waals surface area contributed by atoms with Crippen LogP contribution in [-0.2, 0) is 19.3 Å². The Morgan fingerprint density at radius 3 is 1.52 bits per heavy atom. The number of rotatable bonds is 7. The molecular formula is C24H41BF2O3Si. The van der Waals surface area contributed by atoms with E-state index >= 15 is 8.78 Å². The third-order valence-corrected chi connectivity index (χ3v) is 13.7. The topological polar surface area (TPSA) is 27.7 Å². The van der Waals surface area contributed by atoms with E-state index in [4.69, 9.17) is 13.7 Å². The fourth-order valence-corrected chi connectivity index (χ4v) is 10.7. The molecule has 0 atom stereocenters. The minimum absolute atomic E-state index is 0.182. The molecule has 0 spiro atoms. The Bertz CT molecular complexity index is 745. The summed E-state index contributed by atoms with van der Waals surface area (Å²) < 4.78 is 49.2. The maximum absolute atomic E-state index is 15.3. The summed E-state index contributed by atoms with van der Waals surface area (Å²) >= 11 is 0. The van der Waals surface area contributed by atoms with Crippen molar-refractivity contribution in [1.29, 1.82) is 0 Å². The number of halogens is 2. The van der Waals surface area contributed by atoms with Crippen LogP contribution in [0.1, 0.15) is 88.6 Å². The van der Waals surface area contributed by atoms with Crippen LogP contribution in [0.25, 0.3) is 0 Å². The summed E-state index contributed by atoms with van der Waals surface area (Å²) in [5, 5.41) is 0. The van der Waals surface area contributed by atoms with E-state index in [0.717, 1.165) is 0 Å². The zero-order valence-electron chi connectivity index (χ0n) is 21.4. The Morgan fingerprint density at radius 2 is 1.19 bits per heavy atom. The van der Waals surface area contributed by atoms with Gasteiger partial charge in [0.2, 0.25) is 8.32 Å². The molecule has 0 aliphatic carbocycles. The van der Waals surface area contributed by atoms with Gasteiger partial charge >= 0.3 is 7.12 Å².